The van der Waals surface area contributed by atoms with E-state index >= 15 is 0 Å². The molecule has 4 N–H and O–H groups in total. The topological polar surface area (TPSA) is 100 Å². The molecule has 178 valence electrons. The summed E-state index contributed by atoms with van der Waals surface area (Å²) in [5, 5.41) is 26.8. The molecule has 0 unspecified atom stereocenters. The second kappa shape index (κ2) is 11.7. The minimum Gasteiger partial charge on any atom is -0.497 e. The molecule has 4 atom stereocenters. The van der Waals surface area contributed by atoms with E-state index in [9.17, 15) is 15.0 Å². The van der Waals surface area contributed by atoms with Crippen LogP contribution in [0.3, 0.4) is 0 Å². The molecule has 2 aromatic carbocycles. The highest BCUT2D eigenvalue weighted by molar-refractivity contribution is 6.34. The van der Waals surface area contributed by atoms with Crippen LogP contribution in [0.1, 0.15) is 35.3 Å². The van der Waals surface area contributed by atoms with Crippen molar-refractivity contribution in [2.45, 2.75) is 37.1 Å². The molecule has 1 aliphatic carbocycles. The number of hydrogen-bond acceptors (Lipinski definition) is 5. The van der Waals surface area contributed by atoms with Crippen LogP contribution in [0.25, 0.3) is 0 Å². The van der Waals surface area contributed by atoms with Crippen molar-refractivity contribution in [2.24, 2.45) is 0 Å². The summed E-state index contributed by atoms with van der Waals surface area (Å²) in [5.74, 6) is 0.730. The molecule has 1 aliphatic rings. The molecule has 0 spiro atoms. The number of amides is 1. The average Bonchev–Trinajstić information content (AvgIpc) is 3.11. The first kappa shape index (κ1) is 25.3. The fraction of sp³-hybridized carbons (Fsp3) is 0.375. The van der Waals surface area contributed by atoms with Crippen LogP contribution in [-0.4, -0.2) is 48.7 Å². The van der Waals surface area contributed by atoms with Crippen molar-refractivity contribution in [1.29, 1.82) is 0 Å². The molecule has 0 saturated carbocycles. The summed E-state index contributed by atoms with van der Waals surface area (Å²) in [6, 6.07) is 9.98. The smallest absolute Gasteiger partial charge is 0.404 e. The van der Waals surface area contributed by atoms with E-state index in [1.54, 1.807) is 31.4 Å². The molecule has 9 heteroatoms. The van der Waals surface area contributed by atoms with Crippen LogP contribution in [0.2, 0.25) is 10.0 Å². The van der Waals surface area contributed by atoms with E-state index in [2.05, 4.69) is 17.2 Å². The highest BCUT2D eigenvalue weighted by Gasteiger charge is 2.33. The zero-order chi connectivity index (χ0) is 24.0. The number of hydrogen-bond donors (Lipinski definition) is 4. The lowest BCUT2D eigenvalue weighted by Gasteiger charge is -2.25. The van der Waals surface area contributed by atoms with E-state index in [1.165, 1.54) is 0 Å². The Morgan fingerprint density at radius 2 is 1.97 bits per heavy atom. The summed E-state index contributed by atoms with van der Waals surface area (Å²) >= 11 is 12.1. The number of aliphatic hydroxyl groups excluding tert-OH is 1. The number of ether oxygens (including phenoxy) is 2. The van der Waals surface area contributed by atoms with Gasteiger partial charge in [0.25, 0.3) is 0 Å². The Morgan fingerprint density at radius 3 is 2.61 bits per heavy atom. The van der Waals surface area contributed by atoms with Crippen LogP contribution in [0.15, 0.2) is 49.1 Å². The second-order valence-corrected chi connectivity index (χ2v) is 8.78. The molecule has 3 rings (SSSR count). The third-order valence-electron chi connectivity index (χ3n) is 5.61. The van der Waals surface area contributed by atoms with Crippen LogP contribution in [0, 0.1) is 0 Å². The van der Waals surface area contributed by atoms with Gasteiger partial charge in [-0.1, -0.05) is 35.3 Å². The SMILES string of the molecule is C=CCO[C@@H]1C[C@H](NC[C@@H](O)[C@H](Cc2cc(Cl)cc(Cl)c2)NC(=O)O)c2cc(OC)ccc21. The molecule has 0 radical (unpaired) electrons. The van der Waals surface area contributed by atoms with Crippen LogP contribution in [0.5, 0.6) is 5.75 Å². The van der Waals surface area contributed by atoms with Gasteiger partial charge in [-0.2, -0.15) is 0 Å². The van der Waals surface area contributed by atoms with Gasteiger partial charge in [0.15, 0.2) is 0 Å². The van der Waals surface area contributed by atoms with E-state index in [0.29, 0.717) is 23.1 Å². The van der Waals surface area contributed by atoms with E-state index in [1.807, 2.05) is 18.2 Å². The zero-order valence-electron chi connectivity index (χ0n) is 18.3. The van der Waals surface area contributed by atoms with Gasteiger partial charge in [-0.25, -0.2) is 4.79 Å². The van der Waals surface area contributed by atoms with Gasteiger partial charge in [-0.3, -0.25) is 0 Å². The normalized spacial score (nSPS) is 18.9. The molecule has 33 heavy (non-hydrogen) atoms. The maximum Gasteiger partial charge on any atom is 0.404 e. The van der Waals surface area contributed by atoms with E-state index in [4.69, 9.17) is 32.7 Å². The van der Waals surface area contributed by atoms with Crippen molar-refractivity contribution >= 4 is 29.3 Å². The summed E-state index contributed by atoms with van der Waals surface area (Å²) < 4.78 is 11.3. The number of benzene rings is 2. The first-order chi connectivity index (χ1) is 15.8. The molecule has 1 amide bonds. The molecule has 0 bridgehead atoms. The summed E-state index contributed by atoms with van der Waals surface area (Å²) in [4.78, 5) is 11.3. The lowest BCUT2D eigenvalue weighted by atomic mass is 10.0. The average molecular weight is 495 g/mol. The van der Waals surface area contributed by atoms with Crippen LogP contribution < -0.4 is 15.4 Å². The Hall–Kier alpha value is -2.29. The fourth-order valence-electron chi connectivity index (χ4n) is 4.11. The number of carboxylic acid groups (broad SMARTS) is 1. The zero-order valence-corrected chi connectivity index (χ0v) is 19.8. The van der Waals surface area contributed by atoms with E-state index in [-0.39, 0.29) is 25.1 Å². The minimum absolute atomic E-state index is 0.0920. The molecule has 0 heterocycles. The summed E-state index contributed by atoms with van der Waals surface area (Å²) in [7, 11) is 1.61. The second-order valence-electron chi connectivity index (χ2n) is 7.91. The fourth-order valence-corrected chi connectivity index (χ4v) is 4.68. The van der Waals surface area contributed by atoms with Crippen LogP contribution in [-0.2, 0) is 11.2 Å². The number of fused-ring (bicyclic) bond motifs is 1. The summed E-state index contributed by atoms with van der Waals surface area (Å²) in [6.45, 7) is 4.30. The van der Waals surface area contributed by atoms with Crippen LogP contribution >= 0.6 is 23.2 Å². The molecule has 2 aromatic rings. The maximum atomic E-state index is 11.3. The molecule has 0 aromatic heterocycles. The van der Waals surface area contributed by atoms with Gasteiger partial charge in [0, 0.05) is 22.6 Å². The Bertz CT molecular complexity index is 967. The lowest BCUT2D eigenvalue weighted by Crippen LogP contribution is -2.48. The van der Waals surface area contributed by atoms with Gasteiger partial charge in [-0.05, 0) is 59.9 Å². The monoisotopic (exact) mass is 494 g/mol. The summed E-state index contributed by atoms with van der Waals surface area (Å²) in [6.07, 6.45) is 0.277. The molecule has 0 saturated heterocycles. The number of halogens is 2. The molecule has 7 nitrogen and oxygen atoms in total. The van der Waals surface area contributed by atoms with Crippen molar-refractivity contribution in [3.8, 4) is 5.75 Å². The van der Waals surface area contributed by atoms with Crippen molar-refractivity contribution in [1.82, 2.24) is 10.6 Å². The first-order valence-electron chi connectivity index (χ1n) is 10.6. The van der Waals surface area contributed by atoms with Gasteiger partial charge in [0.2, 0.25) is 0 Å². The van der Waals surface area contributed by atoms with Crippen molar-refractivity contribution in [2.75, 3.05) is 20.3 Å². The number of methoxy groups -OCH3 is 1. The quantitative estimate of drug-likeness (QED) is 0.342. The first-order valence-corrected chi connectivity index (χ1v) is 11.3. The summed E-state index contributed by atoms with van der Waals surface area (Å²) in [5.41, 5.74) is 2.80. The van der Waals surface area contributed by atoms with Crippen LogP contribution in [0.4, 0.5) is 4.79 Å². The standard InChI is InChI=1S/C24H28Cl2N2O5/c1-3-6-33-23-12-20(19-11-17(32-2)4-5-18(19)23)27-13-22(29)21(28-24(30)31)9-14-7-15(25)10-16(26)8-14/h3-5,7-8,10-11,20-23,27-29H,1,6,9,12-13H2,2H3,(H,30,31)/t20-,21-,22+,23+/m0/s1. The number of rotatable bonds is 11. The predicted molar refractivity (Wildman–Crippen MR) is 128 cm³/mol. The number of aliphatic hydroxyl groups is 1. The van der Waals surface area contributed by atoms with Gasteiger partial charge in [0.1, 0.15) is 5.75 Å². The Morgan fingerprint density at radius 1 is 1.24 bits per heavy atom. The van der Waals surface area contributed by atoms with Gasteiger partial charge in [0.05, 0.1) is 32.0 Å². The largest absolute Gasteiger partial charge is 0.497 e. The van der Waals surface area contributed by atoms with Gasteiger partial charge >= 0.3 is 6.09 Å². The Balaban J connectivity index is 1.72. The van der Waals surface area contributed by atoms with Gasteiger partial charge < -0.3 is 30.3 Å². The van der Waals surface area contributed by atoms with Crippen molar-refractivity contribution < 1.29 is 24.5 Å². The molecular weight excluding hydrogens is 467 g/mol. The third kappa shape index (κ3) is 6.85. The maximum absolute atomic E-state index is 11.3. The highest BCUT2D eigenvalue weighted by atomic mass is 35.5. The van der Waals surface area contributed by atoms with Crippen molar-refractivity contribution in [3.05, 3.63) is 75.8 Å². The third-order valence-corrected chi connectivity index (χ3v) is 6.04. The highest BCUT2D eigenvalue weighted by Crippen LogP contribution is 2.42. The number of carbonyl (C=O) groups is 1. The van der Waals surface area contributed by atoms with Crippen molar-refractivity contribution in [3.63, 3.8) is 0 Å². The lowest BCUT2D eigenvalue weighted by molar-refractivity contribution is 0.0672. The molecule has 0 fully saturated rings. The Kier molecular flexibility index (Phi) is 9.00. The molecular formula is C24H28Cl2N2O5. The Labute approximate surface area is 203 Å². The predicted octanol–water partition coefficient (Wildman–Crippen LogP) is 4.52. The van der Waals surface area contributed by atoms with E-state index in [0.717, 1.165) is 22.4 Å². The van der Waals surface area contributed by atoms with E-state index < -0.39 is 18.2 Å². The molecule has 0 aliphatic heterocycles. The number of nitrogens with one attached hydrogen (secondary N) is 2. The minimum atomic E-state index is -1.22. The van der Waals surface area contributed by atoms with Gasteiger partial charge in [-0.15, -0.1) is 6.58 Å².